The van der Waals surface area contributed by atoms with Crippen molar-refractivity contribution >= 4 is 11.6 Å². The highest BCUT2D eigenvalue weighted by molar-refractivity contribution is 5.72. The SMILES string of the molecule is CNc1nc(C)c([N+](=O)[O-])c(-c2cc(F)c(F)cc2F)n1. The minimum atomic E-state index is -1.39. The maximum absolute atomic E-state index is 13.8. The van der Waals surface area contributed by atoms with Crippen LogP contribution in [-0.4, -0.2) is 21.9 Å². The number of nitrogens with one attached hydrogen (secondary N) is 1. The standard InChI is InChI=1S/C12H9F3N4O2/c1-5-11(19(20)21)10(18-12(16-2)17-5)6-3-8(14)9(15)4-7(6)13/h3-4H,1-2H3,(H,16,17,18). The Morgan fingerprint density at radius 2 is 1.76 bits per heavy atom. The Kier molecular flexibility index (Phi) is 3.74. The molecule has 1 aromatic carbocycles. The highest BCUT2D eigenvalue weighted by Crippen LogP contribution is 2.33. The van der Waals surface area contributed by atoms with Crippen LogP contribution in [0.1, 0.15) is 5.69 Å². The lowest BCUT2D eigenvalue weighted by Gasteiger charge is -2.08. The fourth-order valence-corrected chi connectivity index (χ4v) is 1.79. The molecule has 2 rings (SSSR count). The zero-order valence-corrected chi connectivity index (χ0v) is 10.9. The minimum Gasteiger partial charge on any atom is -0.357 e. The first-order valence-corrected chi connectivity index (χ1v) is 5.70. The van der Waals surface area contributed by atoms with Crippen molar-refractivity contribution in [1.82, 2.24) is 9.97 Å². The number of aryl methyl sites for hydroxylation is 1. The van der Waals surface area contributed by atoms with Crippen molar-refractivity contribution in [3.8, 4) is 11.3 Å². The fraction of sp³-hybridized carbons (Fsp3) is 0.167. The molecule has 0 spiro atoms. The van der Waals surface area contributed by atoms with Gasteiger partial charge >= 0.3 is 5.69 Å². The number of rotatable bonds is 3. The molecule has 0 aliphatic carbocycles. The zero-order chi connectivity index (χ0) is 15.7. The number of aromatic nitrogens is 2. The molecule has 1 heterocycles. The van der Waals surface area contributed by atoms with E-state index in [1.165, 1.54) is 14.0 Å². The van der Waals surface area contributed by atoms with Gasteiger partial charge in [0.2, 0.25) is 5.95 Å². The van der Waals surface area contributed by atoms with Crippen LogP contribution in [0.2, 0.25) is 0 Å². The number of anilines is 1. The fourth-order valence-electron chi connectivity index (χ4n) is 1.79. The lowest BCUT2D eigenvalue weighted by atomic mass is 10.1. The molecular formula is C12H9F3N4O2. The molecule has 0 atom stereocenters. The van der Waals surface area contributed by atoms with Gasteiger partial charge in [-0.1, -0.05) is 0 Å². The smallest absolute Gasteiger partial charge is 0.316 e. The van der Waals surface area contributed by atoms with Gasteiger partial charge in [-0.25, -0.2) is 23.1 Å². The average molecular weight is 298 g/mol. The molecule has 0 unspecified atom stereocenters. The van der Waals surface area contributed by atoms with E-state index >= 15 is 0 Å². The molecule has 0 saturated heterocycles. The third-order valence-electron chi connectivity index (χ3n) is 2.73. The molecule has 9 heteroatoms. The third kappa shape index (κ3) is 2.62. The number of nitrogens with zero attached hydrogens (tertiary/aromatic N) is 3. The van der Waals surface area contributed by atoms with Gasteiger partial charge in [0, 0.05) is 18.7 Å². The predicted octanol–water partition coefficient (Wildman–Crippen LogP) is 2.82. The van der Waals surface area contributed by atoms with Gasteiger partial charge in [0.1, 0.15) is 11.5 Å². The first-order valence-electron chi connectivity index (χ1n) is 5.70. The minimum absolute atomic E-state index is 0.00256. The summed E-state index contributed by atoms with van der Waals surface area (Å²) in [5, 5.41) is 13.6. The summed E-state index contributed by atoms with van der Waals surface area (Å²) in [6.07, 6.45) is 0. The predicted molar refractivity (Wildman–Crippen MR) is 68.3 cm³/mol. The van der Waals surface area contributed by atoms with Crippen molar-refractivity contribution in [2.75, 3.05) is 12.4 Å². The second-order valence-electron chi connectivity index (χ2n) is 4.08. The van der Waals surface area contributed by atoms with E-state index < -0.39 is 39.3 Å². The van der Waals surface area contributed by atoms with Crippen molar-refractivity contribution in [1.29, 1.82) is 0 Å². The number of benzene rings is 1. The Labute approximate surface area is 116 Å². The summed E-state index contributed by atoms with van der Waals surface area (Å²) < 4.78 is 40.1. The Bertz CT molecular complexity index is 737. The lowest BCUT2D eigenvalue weighted by Crippen LogP contribution is -2.06. The molecule has 2 aromatic rings. The van der Waals surface area contributed by atoms with Crippen LogP contribution in [0.25, 0.3) is 11.3 Å². The van der Waals surface area contributed by atoms with E-state index in [0.29, 0.717) is 12.1 Å². The van der Waals surface area contributed by atoms with Gasteiger partial charge in [0.25, 0.3) is 0 Å². The van der Waals surface area contributed by atoms with E-state index in [1.807, 2.05) is 0 Å². The molecule has 0 aliphatic heterocycles. The molecule has 1 N–H and O–H groups in total. The molecule has 0 bridgehead atoms. The summed E-state index contributed by atoms with van der Waals surface area (Å²) in [5.41, 5.74) is -1.53. The monoisotopic (exact) mass is 298 g/mol. The van der Waals surface area contributed by atoms with Gasteiger partial charge in [-0.15, -0.1) is 0 Å². The summed E-state index contributed by atoms with van der Waals surface area (Å²) in [6.45, 7) is 1.34. The lowest BCUT2D eigenvalue weighted by molar-refractivity contribution is -0.385. The second kappa shape index (κ2) is 5.35. The van der Waals surface area contributed by atoms with Gasteiger partial charge in [0.05, 0.1) is 4.92 Å². The Hall–Kier alpha value is -2.71. The molecule has 1 aromatic heterocycles. The van der Waals surface area contributed by atoms with Gasteiger partial charge < -0.3 is 5.32 Å². The van der Waals surface area contributed by atoms with Crippen LogP contribution in [0, 0.1) is 34.5 Å². The Morgan fingerprint density at radius 3 is 2.33 bits per heavy atom. The molecule has 0 fully saturated rings. The van der Waals surface area contributed by atoms with Crippen LogP contribution >= 0.6 is 0 Å². The van der Waals surface area contributed by atoms with Crippen molar-refractivity contribution in [3.63, 3.8) is 0 Å². The Morgan fingerprint density at radius 1 is 1.14 bits per heavy atom. The first-order chi connectivity index (χ1) is 9.85. The summed E-state index contributed by atoms with van der Waals surface area (Å²) in [7, 11) is 1.46. The van der Waals surface area contributed by atoms with Crippen molar-refractivity contribution in [2.24, 2.45) is 0 Å². The van der Waals surface area contributed by atoms with E-state index in [0.717, 1.165) is 0 Å². The number of halogens is 3. The molecule has 0 aliphatic rings. The van der Waals surface area contributed by atoms with Crippen molar-refractivity contribution in [2.45, 2.75) is 6.92 Å². The first kappa shape index (κ1) is 14.7. The number of hydrogen-bond acceptors (Lipinski definition) is 5. The molecule has 0 saturated carbocycles. The molecule has 0 amide bonds. The summed E-state index contributed by atoms with van der Waals surface area (Å²) in [4.78, 5) is 17.9. The van der Waals surface area contributed by atoms with Gasteiger partial charge in [-0.3, -0.25) is 10.1 Å². The quantitative estimate of drug-likeness (QED) is 0.535. The van der Waals surface area contributed by atoms with Crippen LogP contribution < -0.4 is 5.32 Å². The normalized spacial score (nSPS) is 10.5. The molecule has 21 heavy (non-hydrogen) atoms. The Balaban J connectivity index is 2.81. The molecule has 6 nitrogen and oxygen atoms in total. The van der Waals surface area contributed by atoms with Crippen LogP contribution in [0.3, 0.4) is 0 Å². The van der Waals surface area contributed by atoms with E-state index in [-0.39, 0.29) is 11.6 Å². The maximum atomic E-state index is 13.8. The summed E-state index contributed by atoms with van der Waals surface area (Å²) >= 11 is 0. The van der Waals surface area contributed by atoms with Crippen molar-refractivity contribution in [3.05, 3.63) is 45.4 Å². The molecule has 110 valence electrons. The molecule has 0 radical (unpaired) electrons. The average Bonchev–Trinajstić information content (AvgIpc) is 2.41. The van der Waals surface area contributed by atoms with E-state index in [9.17, 15) is 23.3 Å². The highest BCUT2D eigenvalue weighted by Gasteiger charge is 2.26. The van der Waals surface area contributed by atoms with Crippen LogP contribution in [0.15, 0.2) is 12.1 Å². The van der Waals surface area contributed by atoms with E-state index in [4.69, 9.17) is 0 Å². The van der Waals surface area contributed by atoms with Gasteiger partial charge in [-0.2, -0.15) is 0 Å². The second-order valence-corrected chi connectivity index (χ2v) is 4.08. The van der Waals surface area contributed by atoms with E-state index in [2.05, 4.69) is 15.3 Å². The van der Waals surface area contributed by atoms with Gasteiger partial charge in [-0.05, 0) is 13.0 Å². The largest absolute Gasteiger partial charge is 0.357 e. The maximum Gasteiger partial charge on any atom is 0.316 e. The van der Waals surface area contributed by atoms with Crippen molar-refractivity contribution < 1.29 is 18.1 Å². The third-order valence-corrected chi connectivity index (χ3v) is 2.73. The van der Waals surface area contributed by atoms with Gasteiger partial charge in [0.15, 0.2) is 17.3 Å². The van der Waals surface area contributed by atoms with Crippen LogP contribution in [0.5, 0.6) is 0 Å². The highest BCUT2D eigenvalue weighted by atomic mass is 19.2. The number of hydrogen-bond donors (Lipinski definition) is 1. The zero-order valence-electron chi connectivity index (χ0n) is 10.9. The summed E-state index contributed by atoms with van der Waals surface area (Å²) in [5.74, 6) is -3.88. The summed E-state index contributed by atoms with van der Waals surface area (Å²) in [6, 6.07) is 0.837. The van der Waals surface area contributed by atoms with Crippen LogP contribution in [-0.2, 0) is 0 Å². The molecular weight excluding hydrogens is 289 g/mol. The topological polar surface area (TPSA) is 81.0 Å². The number of nitro groups is 1. The van der Waals surface area contributed by atoms with E-state index in [1.54, 1.807) is 0 Å². The van der Waals surface area contributed by atoms with Crippen LogP contribution in [0.4, 0.5) is 24.8 Å².